The van der Waals surface area contributed by atoms with Gasteiger partial charge in [-0.25, -0.2) is 0 Å². The molecule has 0 aliphatic rings. The number of aromatic nitrogens is 3. The van der Waals surface area contributed by atoms with E-state index in [2.05, 4.69) is 21.6 Å². The van der Waals surface area contributed by atoms with Gasteiger partial charge in [0, 0.05) is 11.6 Å². The van der Waals surface area contributed by atoms with Gasteiger partial charge in [-0.1, -0.05) is 41.6 Å². The average molecular weight is 398 g/mol. The van der Waals surface area contributed by atoms with Crippen LogP contribution in [-0.4, -0.2) is 26.4 Å². The van der Waals surface area contributed by atoms with Crippen molar-refractivity contribution in [3.63, 3.8) is 0 Å². The van der Waals surface area contributed by atoms with Crippen LogP contribution in [-0.2, 0) is 11.3 Å². The fourth-order valence-corrected chi connectivity index (χ4v) is 3.24. The number of amides is 1. The molecule has 1 heterocycles. The van der Waals surface area contributed by atoms with Gasteiger partial charge in [0.15, 0.2) is 5.16 Å². The molecule has 3 aromatic rings. The second kappa shape index (κ2) is 8.71. The lowest BCUT2D eigenvalue weighted by molar-refractivity contribution is -0.118. The van der Waals surface area contributed by atoms with Crippen molar-refractivity contribution < 1.29 is 4.79 Å². The second-order valence-corrected chi connectivity index (χ2v) is 7.14. The molecule has 6 nitrogen and oxygen atoms in total. The van der Waals surface area contributed by atoms with Gasteiger partial charge >= 0.3 is 0 Å². The molecule has 0 radical (unpaired) electrons. The Bertz CT molecular complexity index is 994. The first-order chi connectivity index (χ1) is 13.1. The summed E-state index contributed by atoms with van der Waals surface area (Å²) < 4.78 is 1.80. The van der Waals surface area contributed by atoms with E-state index in [1.807, 2.05) is 37.3 Å². The Hall–Kier alpha value is -2.82. The van der Waals surface area contributed by atoms with Gasteiger partial charge in [-0.05, 0) is 42.3 Å². The summed E-state index contributed by atoms with van der Waals surface area (Å²) in [4.78, 5) is 12.1. The highest BCUT2D eigenvalue weighted by Crippen LogP contribution is 2.23. The zero-order valence-electron chi connectivity index (χ0n) is 14.5. The molecule has 0 bridgehead atoms. The largest absolute Gasteiger partial charge is 0.351 e. The first-order valence-electron chi connectivity index (χ1n) is 8.12. The fraction of sp³-hybridized carbons (Fsp3) is 0.158. The average Bonchev–Trinajstić information content (AvgIpc) is 3.16. The van der Waals surface area contributed by atoms with Crippen LogP contribution < -0.4 is 5.32 Å². The van der Waals surface area contributed by atoms with Crippen molar-refractivity contribution in [3.8, 4) is 11.8 Å². The number of carbonyl (C=O) groups is 1. The van der Waals surface area contributed by atoms with E-state index in [0.29, 0.717) is 22.3 Å². The number of nitriles is 1. The zero-order chi connectivity index (χ0) is 19.2. The Balaban J connectivity index is 1.57. The maximum atomic E-state index is 12.1. The van der Waals surface area contributed by atoms with Gasteiger partial charge in [-0.3, -0.25) is 9.36 Å². The zero-order valence-corrected chi connectivity index (χ0v) is 16.1. The molecule has 2 aromatic carbocycles. The van der Waals surface area contributed by atoms with Gasteiger partial charge in [-0.15, -0.1) is 10.2 Å². The van der Waals surface area contributed by atoms with Crippen LogP contribution in [0.15, 0.2) is 53.9 Å². The molecule has 1 amide bonds. The Morgan fingerprint density at radius 3 is 2.78 bits per heavy atom. The minimum atomic E-state index is -0.110. The molecular weight excluding hydrogens is 382 g/mol. The maximum absolute atomic E-state index is 12.1. The van der Waals surface area contributed by atoms with Crippen LogP contribution in [0.1, 0.15) is 16.7 Å². The minimum absolute atomic E-state index is 0.110. The van der Waals surface area contributed by atoms with E-state index in [0.717, 1.165) is 16.8 Å². The normalized spacial score (nSPS) is 10.4. The molecule has 0 unspecified atom stereocenters. The van der Waals surface area contributed by atoms with Crippen molar-refractivity contribution in [3.05, 3.63) is 70.5 Å². The van der Waals surface area contributed by atoms with Crippen LogP contribution in [0, 0.1) is 18.3 Å². The Kier molecular flexibility index (Phi) is 6.12. The number of halogens is 1. The number of carbonyl (C=O) groups excluding carboxylic acids is 1. The van der Waals surface area contributed by atoms with E-state index < -0.39 is 0 Å². The van der Waals surface area contributed by atoms with Gasteiger partial charge in [0.05, 0.1) is 23.1 Å². The highest BCUT2D eigenvalue weighted by molar-refractivity contribution is 7.99. The molecule has 0 saturated carbocycles. The molecule has 0 aliphatic heterocycles. The number of benzene rings is 2. The first-order valence-corrected chi connectivity index (χ1v) is 9.48. The summed E-state index contributed by atoms with van der Waals surface area (Å²) in [6.07, 6.45) is 1.60. The fourth-order valence-electron chi connectivity index (χ4n) is 2.31. The number of nitrogens with one attached hydrogen (secondary N) is 1. The third-order valence-corrected chi connectivity index (χ3v) is 5.21. The molecule has 0 spiro atoms. The molecule has 8 heteroatoms. The summed E-state index contributed by atoms with van der Waals surface area (Å²) in [5.74, 6) is 0.107. The quantitative estimate of drug-likeness (QED) is 0.643. The third kappa shape index (κ3) is 4.88. The molecule has 0 saturated heterocycles. The predicted octanol–water partition coefficient (Wildman–Crippen LogP) is 3.51. The van der Waals surface area contributed by atoms with Crippen LogP contribution >= 0.6 is 23.4 Å². The maximum Gasteiger partial charge on any atom is 0.230 e. The summed E-state index contributed by atoms with van der Waals surface area (Å²) in [6.45, 7) is 2.34. The third-order valence-electron chi connectivity index (χ3n) is 3.86. The Morgan fingerprint density at radius 1 is 1.30 bits per heavy atom. The number of thioether (sulfide) groups is 1. The molecule has 0 atom stereocenters. The van der Waals surface area contributed by atoms with Crippen molar-refractivity contribution >= 4 is 29.3 Å². The molecule has 1 aromatic heterocycles. The number of aryl methyl sites for hydroxylation is 1. The molecule has 136 valence electrons. The number of nitrogens with zero attached hydrogens (tertiary/aromatic N) is 4. The van der Waals surface area contributed by atoms with E-state index in [9.17, 15) is 4.79 Å². The minimum Gasteiger partial charge on any atom is -0.351 e. The molecule has 0 aliphatic carbocycles. The van der Waals surface area contributed by atoms with E-state index in [4.69, 9.17) is 16.9 Å². The molecular formula is C19H16ClN5OS. The van der Waals surface area contributed by atoms with Gasteiger partial charge in [-0.2, -0.15) is 5.26 Å². The molecule has 27 heavy (non-hydrogen) atoms. The van der Waals surface area contributed by atoms with E-state index in [1.165, 1.54) is 11.8 Å². The van der Waals surface area contributed by atoms with Crippen LogP contribution in [0.2, 0.25) is 5.02 Å². The SMILES string of the molecule is Cc1ccc(-n2cnnc2SCC(=O)NCc2ccc(C#N)cc2)cc1Cl. The van der Waals surface area contributed by atoms with E-state index in [1.54, 1.807) is 23.0 Å². The molecule has 1 N–H and O–H groups in total. The van der Waals surface area contributed by atoms with Gasteiger partial charge in [0.25, 0.3) is 0 Å². The molecule has 0 fully saturated rings. The number of rotatable bonds is 6. The standard InChI is InChI=1S/C19H16ClN5OS/c1-13-2-7-16(8-17(13)20)25-12-23-24-19(25)27-11-18(26)22-10-15-5-3-14(9-21)4-6-15/h2-8,12H,10-11H2,1H3,(H,22,26). The lowest BCUT2D eigenvalue weighted by Gasteiger charge is -2.08. The number of hydrogen-bond acceptors (Lipinski definition) is 5. The smallest absolute Gasteiger partial charge is 0.230 e. The summed E-state index contributed by atoms with van der Waals surface area (Å²) in [5, 5.41) is 20.9. The summed E-state index contributed by atoms with van der Waals surface area (Å²) in [5.41, 5.74) is 3.36. The summed E-state index contributed by atoms with van der Waals surface area (Å²) in [6, 6.07) is 14.9. The topological polar surface area (TPSA) is 83.6 Å². The van der Waals surface area contributed by atoms with E-state index in [-0.39, 0.29) is 11.7 Å². The van der Waals surface area contributed by atoms with Gasteiger partial charge in [0.2, 0.25) is 5.91 Å². The van der Waals surface area contributed by atoms with E-state index >= 15 is 0 Å². The first kappa shape index (κ1) is 19.0. The van der Waals surface area contributed by atoms with Crippen LogP contribution in [0.5, 0.6) is 0 Å². The Morgan fingerprint density at radius 2 is 2.07 bits per heavy atom. The van der Waals surface area contributed by atoms with Gasteiger partial charge in [0.1, 0.15) is 6.33 Å². The monoisotopic (exact) mass is 397 g/mol. The van der Waals surface area contributed by atoms with Crippen molar-refractivity contribution in [2.75, 3.05) is 5.75 Å². The lowest BCUT2D eigenvalue weighted by Crippen LogP contribution is -2.24. The van der Waals surface area contributed by atoms with Crippen molar-refractivity contribution in [1.29, 1.82) is 5.26 Å². The van der Waals surface area contributed by atoms with Crippen LogP contribution in [0.25, 0.3) is 5.69 Å². The van der Waals surface area contributed by atoms with Crippen molar-refractivity contribution in [1.82, 2.24) is 20.1 Å². The predicted molar refractivity (Wildman–Crippen MR) is 105 cm³/mol. The van der Waals surface area contributed by atoms with Crippen LogP contribution in [0.4, 0.5) is 0 Å². The summed E-state index contributed by atoms with van der Waals surface area (Å²) >= 11 is 7.49. The van der Waals surface area contributed by atoms with Crippen molar-refractivity contribution in [2.24, 2.45) is 0 Å². The Labute approximate surface area is 166 Å². The van der Waals surface area contributed by atoms with Crippen LogP contribution in [0.3, 0.4) is 0 Å². The molecule has 3 rings (SSSR count). The second-order valence-electron chi connectivity index (χ2n) is 5.79. The highest BCUT2D eigenvalue weighted by Gasteiger charge is 2.11. The van der Waals surface area contributed by atoms with Gasteiger partial charge < -0.3 is 5.32 Å². The van der Waals surface area contributed by atoms with Crippen molar-refractivity contribution in [2.45, 2.75) is 18.6 Å². The lowest BCUT2D eigenvalue weighted by atomic mass is 10.1. The summed E-state index contributed by atoms with van der Waals surface area (Å²) in [7, 11) is 0. The number of hydrogen-bond donors (Lipinski definition) is 1. The highest BCUT2D eigenvalue weighted by atomic mass is 35.5.